The van der Waals surface area contributed by atoms with Crippen LogP contribution in [0.1, 0.15) is 97.3 Å². The van der Waals surface area contributed by atoms with Crippen molar-refractivity contribution in [2.75, 3.05) is 33.3 Å². The maximum Gasteiger partial charge on any atom is 0.307 e. The molecule has 0 aromatic carbocycles. The summed E-state index contributed by atoms with van der Waals surface area (Å²) in [6.07, 6.45) is 15.0. The molecule has 0 amide bonds. The predicted molar refractivity (Wildman–Crippen MR) is 119 cm³/mol. The van der Waals surface area contributed by atoms with E-state index in [1.807, 2.05) is 6.92 Å². The van der Waals surface area contributed by atoms with Gasteiger partial charge in [-0.3, -0.25) is 9.59 Å². The van der Waals surface area contributed by atoms with Gasteiger partial charge >= 0.3 is 11.9 Å². The van der Waals surface area contributed by atoms with Crippen LogP contribution in [0.25, 0.3) is 0 Å². The molecule has 29 heavy (non-hydrogen) atoms. The number of esters is 2. The maximum absolute atomic E-state index is 11.8. The van der Waals surface area contributed by atoms with Gasteiger partial charge in [-0.05, 0) is 19.8 Å². The Bertz CT molecular complexity index is 391. The van der Waals surface area contributed by atoms with Crippen LogP contribution in [0.15, 0.2) is 0 Å². The maximum atomic E-state index is 11.8. The highest BCUT2D eigenvalue weighted by molar-refractivity contribution is 5.69. The molecule has 0 aromatic rings. The summed E-state index contributed by atoms with van der Waals surface area (Å²) < 4.78 is 10.0. The number of methoxy groups -OCH3 is 1. The van der Waals surface area contributed by atoms with Crippen LogP contribution in [0, 0.1) is 0 Å². The summed E-state index contributed by atoms with van der Waals surface area (Å²) in [6.45, 7) is 6.97. The molecule has 172 valence electrons. The zero-order valence-corrected chi connectivity index (χ0v) is 19.2. The molecule has 0 saturated heterocycles. The van der Waals surface area contributed by atoms with Crippen molar-refractivity contribution in [1.82, 2.24) is 10.6 Å². The van der Waals surface area contributed by atoms with Crippen LogP contribution in [0.2, 0.25) is 0 Å². The number of carbonyl (C=O) groups is 2. The molecule has 0 rings (SSSR count). The molecule has 0 aliphatic rings. The smallest absolute Gasteiger partial charge is 0.307 e. The minimum Gasteiger partial charge on any atom is -0.469 e. The molecule has 0 heterocycles. The highest BCUT2D eigenvalue weighted by Crippen LogP contribution is 2.13. The molecule has 6 heteroatoms. The van der Waals surface area contributed by atoms with Crippen LogP contribution in [0.5, 0.6) is 0 Å². The van der Waals surface area contributed by atoms with Crippen LogP contribution in [-0.4, -0.2) is 51.3 Å². The van der Waals surface area contributed by atoms with Gasteiger partial charge in [-0.15, -0.1) is 0 Å². The monoisotopic (exact) mass is 414 g/mol. The fourth-order valence-corrected chi connectivity index (χ4v) is 3.17. The number of rotatable bonds is 21. The van der Waals surface area contributed by atoms with Crippen molar-refractivity contribution in [1.29, 1.82) is 0 Å². The first-order valence-electron chi connectivity index (χ1n) is 11.8. The third-order valence-corrected chi connectivity index (χ3v) is 5.01. The largest absolute Gasteiger partial charge is 0.469 e. The second-order valence-corrected chi connectivity index (χ2v) is 7.85. The average Bonchev–Trinajstić information content (AvgIpc) is 2.71. The normalized spacial score (nSPS) is 12.0. The van der Waals surface area contributed by atoms with Crippen molar-refractivity contribution in [2.24, 2.45) is 0 Å². The van der Waals surface area contributed by atoms with Crippen LogP contribution in [0.3, 0.4) is 0 Å². The van der Waals surface area contributed by atoms with Crippen molar-refractivity contribution in [3.8, 4) is 0 Å². The lowest BCUT2D eigenvalue weighted by molar-refractivity contribution is -0.148. The standard InChI is InChI=1S/C23H46N2O4/c1-4-5-6-7-8-9-10-11-12-13-14-21(2)29-23(27)16-18-25-20-19-24-17-15-22(26)28-3/h21,24-25H,4-20H2,1-3H3. The van der Waals surface area contributed by atoms with Gasteiger partial charge in [0.15, 0.2) is 0 Å². The van der Waals surface area contributed by atoms with Crippen LogP contribution in [0.4, 0.5) is 0 Å². The summed E-state index contributed by atoms with van der Waals surface area (Å²) in [5, 5.41) is 6.34. The number of hydrogen-bond donors (Lipinski definition) is 2. The molecule has 2 N–H and O–H groups in total. The Morgan fingerprint density at radius 3 is 1.72 bits per heavy atom. The van der Waals surface area contributed by atoms with Crippen molar-refractivity contribution in [2.45, 2.75) is 103 Å². The Hall–Kier alpha value is -1.14. The average molecular weight is 415 g/mol. The Labute approximate surface area is 178 Å². The van der Waals surface area contributed by atoms with E-state index in [0.717, 1.165) is 25.9 Å². The minimum absolute atomic E-state index is 0.0107. The molecular formula is C23H46N2O4. The van der Waals surface area contributed by atoms with Gasteiger partial charge < -0.3 is 20.1 Å². The molecule has 0 saturated carbocycles. The van der Waals surface area contributed by atoms with Crippen molar-refractivity contribution in [3.05, 3.63) is 0 Å². The highest BCUT2D eigenvalue weighted by atomic mass is 16.5. The molecule has 0 bridgehead atoms. The van der Waals surface area contributed by atoms with Gasteiger partial charge in [0.2, 0.25) is 0 Å². The van der Waals surface area contributed by atoms with Gasteiger partial charge in [-0.2, -0.15) is 0 Å². The molecule has 0 spiro atoms. The van der Waals surface area contributed by atoms with Gasteiger partial charge in [-0.25, -0.2) is 0 Å². The Kier molecular flexibility index (Phi) is 20.7. The molecule has 1 unspecified atom stereocenters. The van der Waals surface area contributed by atoms with Gasteiger partial charge in [0.1, 0.15) is 0 Å². The summed E-state index contributed by atoms with van der Waals surface area (Å²) in [5.74, 6) is -0.337. The van der Waals surface area contributed by atoms with Crippen molar-refractivity contribution < 1.29 is 19.1 Å². The van der Waals surface area contributed by atoms with Crippen LogP contribution in [-0.2, 0) is 19.1 Å². The number of hydrogen-bond acceptors (Lipinski definition) is 6. The summed E-state index contributed by atoms with van der Waals surface area (Å²) in [5.41, 5.74) is 0. The summed E-state index contributed by atoms with van der Waals surface area (Å²) in [7, 11) is 1.39. The second-order valence-electron chi connectivity index (χ2n) is 7.85. The molecule has 0 radical (unpaired) electrons. The third-order valence-electron chi connectivity index (χ3n) is 5.01. The highest BCUT2D eigenvalue weighted by Gasteiger charge is 2.09. The quantitative estimate of drug-likeness (QED) is 0.215. The van der Waals surface area contributed by atoms with E-state index in [9.17, 15) is 9.59 Å². The summed E-state index contributed by atoms with van der Waals surface area (Å²) >= 11 is 0. The molecule has 0 aromatic heterocycles. The zero-order valence-electron chi connectivity index (χ0n) is 19.2. The number of nitrogens with one attached hydrogen (secondary N) is 2. The fraction of sp³-hybridized carbons (Fsp3) is 0.913. The van der Waals surface area contributed by atoms with E-state index in [-0.39, 0.29) is 18.0 Å². The van der Waals surface area contributed by atoms with E-state index in [0.29, 0.717) is 25.9 Å². The summed E-state index contributed by atoms with van der Waals surface area (Å²) in [6, 6.07) is 0. The molecule has 6 nitrogen and oxygen atoms in total. The molecular weight excluding hydrogens is 368 g/mol. The van der Waals surface area contributed by atoms with E-state index in [2.05, 4.69) is 22.3 Å². The lowest BCUT2D eigenvalue weighted by Crippen LogP contribution is -2.30. The van der Waals surface area contributed by atoms with E-state index in [1.54, 1.807) is 0 Å². The number of ether oxygens (including phenoxy) is 2. The van der Waals surface area contributed by atoms with Gasteiger partial charge in [0, 0.05) is 26.2 Å². The fourth-order valence-electron chi connectivity index (χ4n) is 3.17. The van der Waals surface area contributed by atoms with Gasteiger partial charge in [-0.1, -0.05) is 64.7 Å². The van der Waals surface area contributed by atoms with Crippen molar-refractivity contribution in [3.63, 3.8) is 0 Å². The lowest BCUT2D eigenvalue weighted by atomic mass is 10.0. The Balaban J connectivity index is 3.35. The molecule has 0 fully saturated rings. The van der Waals surface area contributed by atoms with Gasteiger partial charge in [0.25, 0.3) is 0 Å². The number of carbonyl (C=O) groups excluding carboxylic acids is 2. The molecule has 0 aliphatic carbocycles. The summed E-state index contributed by atoms with van der Waals surface area (Å²) in [4.78, 5) is 22.8. The predicted octanol–water partition coefficient (Wildman–Crippen LogP) is 4.36. The van der Waals surface area contributed by atoms with E-state index in [1.165, 1.54) is 64.9 Å². The molecule has 1 atom stereocenters. The van der Waals surface area contributed by atoms with Crippen LogP contribution >= 0.6 is 0 Å². The zero-order chi connectivity index (χ0) is 21.6. The van der Waals surface area contributed by atoms with E-state index in [4.69, 9.17) is 4.74 Å². The van der Waals surface area contributed by atoms with Crippen molar-refractivity contribution >= 4 is 11.9 Å². The number of unbranched alkanes of at least 4 members (excludes halogenated alkanes) is 9. The SMILES string of the molecule is CCCCCCCCCCCCC(C)OC(=O)CCNCCNCCC(=O)OC. The topological polar surface area (TPSA) is 76.7 Å². The third kappa shape index (κ3) is 21.4. The van der Waals surface area contributed by atoms with E-state index < -0.39 is 0 Å². The second kappa shape index (κ2) is 21.6. The Morgan fingerprint density at radius 2 is 1.21 bits per heavy atom. The first-order chi connectivity index (χ1) is 14.1. The Morgan fingerprint density at radius 1 is 0.724 bits per heavy atom. The molecule has 0 aliphatic heterocycles. The van der Waals surface area contributed by atoms with E-state index >= 15 is 0 Å². The van der Waals surface area contributed by atoms with Crippen LogP contribution < -0.4 is 10.6 Å². The lowest BCUT2D eigenvalue weighted by Gasteiger charge is -2.13. The first kappa shape index (κ1) is 27.9. The first-order valence-corrected chi connectivity index (χ1v) is 11.8. The van der Waals surface area contributed by atoms with Gasteiger partial charge in [0.05, 0.1) is 26.1 Å². The minimum atomic E-state index is -0.208.